The SMILES string of the molecule is CCCc1nc2c(n1CCC(N)=O)CCNC2. The highest BCUT2D eigenvalue weighted by atomic mass is 16.1. The number of nitrogens with zero attached hydrogens (tertiary/aromatic N) is 2. The van der Waals surface area contributed by atoms with Gasteiger partial charge >= 0.3 is 0 Å². The largest absolute Gasteiger partial charge is 0.370 e. The Hall–Kier alpha value is -1.36. The molecule has 3 N–H and O–H groups in total. The van der Waals surface area contributed by atoms with Crippen molar-refractivity contribution in [3.8, 4) is 0 Å². The monoisotopic (exact) mass is 236 g/mol. The number of primary amides is 1. The van der Waals surface area contributed by atoms with E-state index in [1.165, 1.54) is 5.69 Å². The van der Waals surface area contributed by atoms with Gasteiger partial charge in [0.05, 0.1) is 5.69 Å². The first-order chi connectivity index (χ1) is 8.22. The average Bonchev–Trinajstić information content (AvgIpc) is 2.64. The molecule has 1 aromatic heterocycles. The highest BCUT2D eigenvalue weighted by molar-refractivity contribution is 5.73. The molecule has 1 aliphatic heterocycles. The van der Waals surface area contributed by atoms with Crippen LogP contribution < -0.4 is 11.1 Å². The van der Waals surface area contributed by atoms with Crippen LogP contribution in [-0.2, 0) is 30.7 Å². The van der Waals surface area contributed by atoms with Gasteiger partial charge in [0, 0.05) is 44.6 Å². The van der Waals surface area contributed by atoms with Crippen LogP contribution in [0, 0.1) is 0 Å². The third kappa shape index (κ3) is 2.66. The van der Waals surface area contributed by atoms with E-state index < -0.39 is 0 Å². The lowest BCUT2D eigenvalue weighted by Crippen LogP contribution is -2.25. The van der Waals surface area contributed by atoms with Crippen molar-refractivity contribution < 1.29 is 4.79 Å². The summed E-state index contributed by atoms with van der Waals surface area (Å²) in [4.78, 5) is 15.6. The third-order valence-electron chi connectivity index (χ3n) is 3.12. The van der Waals surface area contributed by atoms with Crippen LogP contribution in [-0.4, -0.2) is 22.0 Å². The number of nitrogens with two attached hydrogens (primary N) is 1. The van der Waals surface area contributed by atoms with E-state index in [0.29, 0.717) is 13.0 Å². The smallest absolute Gasteiger partial charge is 0.219 e. The molecule has 0 unspecified atom stereocenters. The molecule has 0 atom stereocenters. The lowest BCUT2D eigenvalue weighted by molar-refractivity contribution is -0.118. The van der Waals surface area contributed by atoms with Crippen LogP contribution in [0.25, 0.3) is 0 Å². The fraction of sp³-hybridized carbons (Fsp3) is 0.667. The van der Waals surface area contributed by atoms with Gasteiger partial charge in [-0.05, 0) is 6.42 Å². The standard InChI is InChI=1S/C12H20N4O/c1-2-3-12-15-9-8-14-6-4-10(9)16(12)7-5-11(13)17/h14H,2-8H2,1H3,(H2,13,17). The molecular weight excluding hydrogens is 216 g/mol. The van der Waals surface area contributed by atoms with Crippen molar-refractivity contribution in [2.24, 2.45) is 5.73 Å². The van der Waals surface area contributed by atoms with Gasteiger partial charge in [-0.3, -0.25) is 4.79 Å². The highest BCUT2D eigenvalue weighted by Gasteiger charge is 2.19. The van der Waals surface area contributed by atoms with E-state index in [2.05, 4.69) is 21.8 Å². The van der Waals surface area contributed by atoms with Gasteiger partial charge in [0.15, 0.2) is 0 Å². The quantitative estimate of drug-likeness (QED) is 0.775. The normalized spacial score (nSPS) is 14.6. The Balaban J connectivity index is 2.24. The summed E-state index contributed by atoms with van der Waals surface area (Å²) in [7, 11) is 0. The number of imidazole rings is 1. The van der Waals surface area contributed by atoms with Crippen molar-refractivity contribution in [1.29, 1.82) is 0 Å². The van der Waals surface area contributed by atoms with Crippen LogP contribution >= 0.6 is 0 Å². The molecule has 0 saturated heterocycles. The van der Waals surface area contributed by atoms with Gasteiger partial charge in [-0.2, -0.15) is 0 Å². The minimum Gasteiger partial charge on any atom is -0.370 e. The topological polar surface area (TPSA) is 72.9 Å². The summed E-state index contributed by atoms with van der Waals surface area (Å²) in [5, 5.41) is 3.32. The van der Waals surface area contributed by atoms with E-state index in [4.69, 9.17) is 5.73 Å². The lowest BCUT2D eigenvalue weighted by atomic mass is 10.2. The summed E-state index contributed by atoms with van der Waals surface area (Å²) in [5.41, 5.74) is 7.65. The number of carbonyl (C=O) groups excluding carboxylic acids is 1. The van der Waals surface area contributed by atoms with Crippen LogP contribution in [0.5, 0.6) is 0 Å². The Labute approximate surface area is 101 Å². The maximum Gasteiger partial charge on any atom is 0.219 e. The van der Waals surface area contributed by atoms with Crippen LogP contribution in [0.2, 0.25) is 0 Å². The Morgan fingerprint density at radius 2 is 2.41 bits per heavy atom. The zero-order valence-electron chi connectivity index (χ0n) is 10.3. The summed E-state index contributed by atoms with van der Waals surface area (Å²) < 4.78 is 2.20. The summed E-state index contributed by atoms with van der Waals surface area (Å²) in [6.45, 7) is 4.65. The number of amides is 1. The molecule has 5 nitrogen and oxygen atoms in total. The molecule has 2 rings (SSSR count). The first-order valence-corrected chi connectivity index (χ1v) is 6.28. The molecule has 1 amide bonds. The molecule has 0 saturated carbocycles. The first-order valence-electron chi connectivity index (χ1n) is 6.28. The predicted molar refractivity (Wildman–Crippen MR) is 65.4 cm³/mol. The molecule has 1 aromatic rings. The second-order valence-corrected chi connectivity index (χ2v) is 4.47. The molecule has 17 heavy (non-hydrogen) atoms. The van der Waals surface area contributed by atoms with E-state index in [1.807, 2.05) is 0 Å². The summed E-state index contributed by atoms with van der Waals surface area (Å²) in [5.74, 6) is 0.853. The van der Waals surface area contributed by atoms with E-state index >= 15 is 0 Å². The lowest BCUT2D eigenvalue weighted by Gasteiger charge is -2.15. The fourth-order valence-corrected chi connectivity index (χ4v) is 2.33. The molecule has 0 radical (unpaired) electrons. The number of aryl methyl sites for hydroxylation is 1. The molecule has 0 fully saturated rings. The van der Waals surface area contributed by atoms with Crippen molar-refractivity contribution in [1.82, 2.24) is 14.9 Å². The number of fused-ring (bicyclic) bond motifs is 1. The maximum atomic E-state index is 10.9. The molecule has 0 aliphatic carbocycles. The van der Waals surface area contributed by atoms with Crippen LogP contribution in [0.3, 0.4) is 0 Å². The van der Waals surface area contributed by atoms with Gasteiger partial charge in [-0.1, -0.05) is 6.92 Å². The second kappa shape index (κ2) is 5.31. The van der Waals surface area contributed by atoms with Crippen molar-refractivity contribution >= 4 is 5.91 Å². The molecule has 5 heteroatoms. The van der Waals surface area contributed by atoms with Crippen LogP contribution in [0.15, 0.2) is 0 Å². The van der Waals surface area contributed by atoms with Gasteiger partial charge < -0.3 is 15.6 Å². The number of carbonyl (C=O) groups is 1. The van der Waals surface area contributed by atoms with Crippen LogP contribution in [0.4, 0.5) is 0 Å². The summed E-state index contributed by atoms with van der Waals surface area (Å²) >= 11 is 0. The van der Waals surface area contributed by atoms with Crippen molar-refractivity contribution in [2.45, 2.75) is 45.7 Å². The summed E-state index contributed by atoms with van der Waals surface area (Å²) in [6, 6.07) is 0. The van der Waals surface area contributed by atoms with E-state index in [1.54, 1.807) is 0 Å². The Morgan fingerprint density at radius 3 is 3.12 bits per heavy atom. The number of aromatic nitrogens is 2. The van der Waals surface area contributed by atoms with Crippen molar-refractivity contribution in [3.63, 3.8) is 0 Å². The Bertz CT molecular complexity index is 411. The third-order valence-corrected chi connectivity index (χ3v) is 3.12. The van der Waals surface area contributed by atoms with Gasteiger partial charge in [0.2, 0.25) is 5.91 Å². The average molecular weight is 236 g/mol. The van der Waals surface area contributed by atoms with Crippen molar-refractivity contribution in [2.75, 3.05) is 6.54 Å². The van der Waals surface area contributed by atoms with E-state index in [-0.39, 0.29) is 5.91 Å². The van der Waals surface area contributed by atoms with Crippen LogP contribution in [0.1, 0.15) is 37.0 Å². The second-order valence-electron chi connectivity index (χ2n) is 4.47. The molecule has 2 heterocycles. The minimum absolute atomic E-state index is 0.246. The molecule has 0 aromatic carbocycles. The number of nitrogens with one attached hydrogen (secondary N) is 1. The Morgan fingerprint density at radius 1 is 1.59 bits per heavy atom. The van der Waals surface area contributed by atoms with Gasteiger partial charge in [-0.15, -0.1) is 0 Å². The molecule has 0 spiro atoms. The molecule has 0 bridgehead atoms. The Kier molecular flexibility index (Phi) is 3.78. The molecular formula is C12H20N4O. The summed E-state index contributed by atoms with van der Waals surface area (Å²) in [6.07, 6.45) is 3.42. The maximum absolute atomic E-state index is 10.9. The minimum atomic E-state index is -0.246. The number of hydrogen-bond acceptors (Lipinski definition) is 3. The van der Waals surface area contributed by atoms with Gasteiger partial charge in [0.1, 0.15) is 5.82 Å². The van der Waals surface area contributed by atoms with E-state index in [0.717, 1.165) is 43.9 Å². The molecule has 94 valence electrons. The predicted octanol–water partition coefficient (Wildman–Crippen LogP) is 0.357. The number of rotatable bonds is 5. The zero-order chi connectivity index (χ0) is 12.3. The van der Waals surface area contributed by atoms with Gasteiger partial charge in [-0.25, -0.2) is 4.98 Å². The molecule has 1 aliphatic rings. The number of hydrogen-bond donors (Lipinski definition) is 2. The highest BCUT2D eigenvalue weighted by Crippen LogP contribution is 2.17. The zero-order valence-corrected chi connectivity index (χ0v) is 10.3. The van der Waals surface area contributed by atoms with Crippen molar-refractivity contribution in [3.05, 3.63) is 17.2 Å². The van der Waals surface area contributed by atoms with E-state index in [9.17, 15) is 4.79 Å². The van der Waals surface area contributed by atoms with Gasteiger partial charge in [0.25, 0.3) is 0 Å². The first kappa shape index (κ1) is 12.1. The fourth-order valence-electron chi connectivity index (χ4n) is 2.33.